The Morgan fingerprint density at radius 2 is 1.90 bits per heavy atom. The highest BCUT2D eigenvalue weighted by Gasteiger charge is 2.39. The maximum Gasteiger partial charge on any atom is 0.416 e. The summed E-state index contributed by atoms with van der Waals surface area (Å²) in [7, 11) is 0. The number of ether oxygens (including phenoxy) is 1. The maximum atomic E-state index is 13.3. The Balaban J connectivity index is 1.52. The van der Waals surface area contributed by atoms with Crippen LogP contribution in [-0.4, -0.2) is 77.1 Å². The summed E-state index contributed by atoms with van der Waals surface area (Å²) in [4.78, 5) is 34.8. The molecule has 42 heavy (non-hydrogen) atoms. The number of aliphatic hydroxyl groups is 1. The number of aromatic nitrogens is 7. The molecule has 1 amide bonds. The number of rotatable bonds is 9. The van der Waals surface area contributed by atoms with Crippen LogP contribution < -0.4 is 11.0 Å². The number of hydrogen-bond donors (Lipinski definition) is 2. The maximum absolute atomic E-state index is 13.3. The molecule has 4 heterocycles. The standard InChI is InChI=1S/C25H23Cl2F3N8O4/c1-24(12-42-13-24)11-32-22(40)21-33-19(34-38(21)17-8-31-7-6-16(17)27)10-37-23(41)36(9-18(39)25(28,29)30)20(35-37)14-2-4-15(26)5-3-14/h2-8,18,39H,9-13H2,1H3,(H,32,40)/t18-/m0/s1. The van der Waals surface area contributed by atoms with E-state index in [-0.39, 0.29) is 39.2 Å². The third-order valence-corrected chi connectivity index (χ3v) is 7.03. The number of carbonyl (C=O) groups is 1. The number of benzene rings is 1. The molecule has 17 heteroatoms. The molecule has 5 rings (SSSR count). The van der Waals surface area contributed by atoms with E-state index in [1.807, 2.05) is 6.92 Å². The number of amides is 1. The Bertz CT molecular complexity index is 1670. The first-order chi connectivity index (χ1) is 19.8. The summed E-state index contributed by atoms with van der Waals surface area (Å²) in [6, 6.07) is 7.39. The molecule has 2 N–H and O–H groups in total. The number of halogens is 5. The van der Waals surface area contributed by atoms with Gasteiger partial charge >= 0.3 is 11.9 Å². The van der Waals surface area contributed by atoms with Gasteiger partial charge in [-0.3, -0.25) is 14.3 Å². The molecule has 0 spiro atoms. The molecular formula is C25H23Cl2F3N8O4. The van der Waals surface area contributed by atoms with Gasteiger partial charge in [0.25, 0.3) is 5.91 Å². The van der Waals surface area contributed by atoms with Gasteiger partial charge in [-0.15, -0.1) is 10.2 Å². The fourth-order valence-electron chi connectivity index (χ4n) is 4.12. The highest BCUT2D eigenvalue weighted by atomic mass is 35.5. The molecule has 1 aromatic carbocycles. The zero-order chi connectivity index (χ0) is 30.2. The minimum absolute atomic E-state index is 0.0657. The molecule has 4 aromatic rings. The van der Waals surface area contributed by atoms with Crippen molar-refractivity contribution in [3.05, 3.63) is 74.9 Å². The molecule has 12 nitrogen and oxygen atoms in total. The summed E-state index contributed by atoms with van der Waals surface area (Å²) < 4.78 is 47.5. The fraction of sp³-hybridized carbons (Fsp3) is 0.360. The van der Waals surface area contributed by atoms with Crippen molar-refractivity contribution in [1.82, 2.24) is 39.4 Å². The lowest BCUT2D eigenvalue weighted by atomic mass is 9.89. The summed E-state index contributed by atoms with van der Waals surface area (Å²) in [5.41, 5.74) is -0.704. The van der Waals surface area contributed by atoms with Gasteiger partial charge in [-0.05, 0) is 30.3 Å². The van der Waals surface area contributed by atoms with Gasteiger partial charge < -0.3 is 15.2 Å². The minimum atomic E-state index is -4.98. The fourth-order valence-corrected chi connectivity index (χ4v) is 4.43. The number of aliphatic hydroxyl groups excluding tert-OH is 1. The Hall–Kier alpha value is -3.79. The molecule has 0 aliphatic carbocycles. The molecule has 0 bridgehead atoms. The van der Waals surface area contributed by atoms with E-state index < -0.39 is 37.0 Å². The van der Waals surface area contributed by atoms with Gasteiger partial charge in [0.1, 0.15) is 12.2 Å². The average Bonchev–Trinajstić information content (AvgIpc) is 3.48. The lowest BCUT2D eigenvalue weighted by Crippen LogP contribution is -2.48. The first-order valence-electron chi connectivity index (χ1n) is 12.4. The number of nitrogens with one attached hydrogen (secondary N) is 1. The second-order valence-electron chi connectivity index (χ2n) is 10.0. The topological polar surface area (TPSA) is 142 Å². The van der Waals surface area contributed by atoms with Gasteiger partial charge in [-0.2, -0.15) is 13.2 Å². The minimum Gasteiger partial charge on any atom is -0.382 e. The van der Waals surface area contributed by atoms with Gasteiger partial charge in [0, 0.05) is 28.7 Å². The second kappa shape index (κ2) is 11.5. The average molecular weight is 627 g/mol. The van der Waals surface area contributed by atoms with Crippen LogP contribution in [0.25, 0.3) is 17.1 Å². The van der Waals surface area contributed by atoms with Crippen molar-refractivity contribution in [2.75, 3.05) is 19.8 Å². The van der Waals surface area contributed by atoms with Gasteiger partial charge in [-0.25, -0.2) is 19.1 Å². The van der Waals surface area contributed by atoms with E-state index in [1.165, 1.54) is 42.7 Å². The predicted molar refractivity (Wildman–Crippen MR) is 144 cm³/mol. The summed E-state index contributed by atoms with van der Waals surface area (Å²) in [6.45, 7) is 1.66. The third-order valence-electron chi connectivity index (χ3n) is 6.46. The van der Waals surface area contributed by atoms with Crippen molar-refractivity contribution < 1.29 is 27.8 Å². The van der Waals surface area contributed by atoms with E-state index in [0.29, 0.717) is 29.3 Å². The Morgan fingerprint density at radius 3 is 2.52 bits per heavy atom. The summed E-state index contributed by atoms with van der Waals surface area (Å²) in [5, 5.41) is 21.6. The van der Waals surface area contributed by atoms with Crippen LogP contribution in [0.5, 0.6) is 0 Å². The van der Waals surface area contributed by atoms with E-state index in [0.717, 1.165) is 9.36 Å². The Labute approximate surface area is 245 Å². The molecule has 1 atom stereocenters. The zero-order valence-electron chi connectivity index (χ0n) is 21.8. The molecule has 1 aliphatic rings. The summed E-state index contributed by atoms with van der Waals surface area (Å²) >= 11 is 12.3. The third kappa shape index (κ3) is 6.18. The molecule has 0 unspecified atom stereocenters. The SMILES string of the molecule is CC1(CNC(=O)c2nc(Cn3nc(-c4ccc(Cl)cc4)n(C[C@H](O)C(F)(F)F)c3=O)nn2-c2cnccc2Cl)COC1. The number of carbonyl (C=O) groups excluding carboxylic acids is 1. The summed E-state index contributed by atoms with van der Waals surface area (Å²) in [5.74, 6) is -0.968. The molecule has 1 aliphatic heterocycles. The van der Waals surface area contributed by atoms with E-state index in [1.54, 1.807) is 0 Å². The zero-order valence-corrected chi connectivity index (χ0v) is 23.4. The number of alkyl halides is 3. The van der Waals surface area contributed by atoms with Crippen molar-refractivity contribution >= 4 is 29.1 Å². The van der Waals surface area contributed by atoms with E-state index in [2.05, 4.69) is 25.5 Å². The first-order valence-corrected chi connectivity index (χ1v) is 13.2. The van der Waals surface area contributed by atoms with Crippen molar-refractivity contribution in [3.63, 3.8) is 0 Å². The van der Waals surface area contributed by atoms with Crippen molar-refractivity contribution in [3.8, 4) is 17.1 Å². The van der Waals surface area contributed by atoms with Gasteiger partial charge in [0.15, 0.2) is 17.8 Å². The van der Waals surface area contributed by atoms with Gasteiger partial charge in [-0.1, -0.05) is 30.1 Å². The van der Waals surface area contributed by atoms with Crippen LogP contribution in [0.15, 0.2) is 47.5 Å². The van der Waals surface area contributed by atoms with Crippen LogP contribution in [0.4, 0.5) is 13.2 Å². The van der Waals surface area contributed by atoms with Gasteiger partial charge in [0.05, 0.1) is 31.0 Å². The lowest BCUT2D eigenvalue weighted by molar-refractivity contribution is -0.207. The highest BCUT2D eigenvalue weighted by Crippen LogP contribution is 2.26. The van der Waals surface area contributed by atoms with Crippen LogP contribution in [0, 0.1) is 5.41 Å². The van der Waals surface area contributed by atoms with Crippen LogP contribution in [0.2, 0.25) is 10.0 Å². The first kappa shape index (κ1) is 29.7. The monoisotopic (exact) mass is 626 g/mol. The lowest BCUT2D eigenvalue weighted by Gasteiger charge is -2.37. The van der Waals surface area contributed by atoms with E-state index >= 15 is 0 Å². The normalized spacial score (nSPS) is 15.3. The summed E-state index contributed by atoms with van der Waals surface area (Å²) in [6.07, 6.45) is -4.99. The van der Waals surface area contributed by atoms with E-state index in [9.17, 15) is 27.9 Å². The van der Waals surface area contributed by atoms with Crippen LogP contribution >= 0.6 is 23.2 Å². The number of pyridine rings is 1. The Morgan fingerprint density at radius 1 is 1.19 bits per heavy atom. The van der Waals surface area contributed by atoms with Crippen molar-refractivity contribution in [2.45, 2.75) is 32.3 Å². The molecule has 1 saturated heterocycles. The molecule has 0 saturated carbocycles. The van der Waals surface area contributed by atoms with Gasteiger partial charge in [0.2, 0.25) is 5.82 Å². The molecule has 1 fully saturated rings. The second-order valence-corrected chi connectivity index (χ2v) is 10.9. The van der Waals surface area contributed by atoms with Crippen molar-refractivity contribution in [2.24, 2.45) is 5.41 Å². The molecule has 0 radical (unpaired) electrons. The quantitative estimate of drug-likeness (QED) is 0.289. The van der Waals surface area contributed by atoms with Crippen LogP contribution in [0.3, 0.4) is 0 Å². The molecular weight excluding hydrogens is 604 g/mol. The number of nitrogens with zero attached hydrogens (tertiary/aromatic N) is 7. The molecule has 222 valence electrons. The van der Waals surface area contributed by atoms with Crippen LogP contribution in [0.1, 0.15) is 23.4 Å². The van der Waals surface area contributed by atoms with E-state index in [4.69, 9.17) is 27.9 Å². The largest absolute Gasteiger partial charge is 0.416 e. The smallest absolute Gasteiger partial charge is 0.382 e. The number of hydrogen-bond acceptors (Lipinski definition) is 8. The predicted octanol–water partition coefficient (Wildman–Crippen LogP) is 2.73. The molecule has 3 aromatic heterocycles. The van der Waals surface area contributed by atoms with Crippen molar-refractivity contribution in [1.29, 1.82) is 0 Å². The Kier molecular flexibility index (Phi) is 8.11. The van der Waals surface area contributed by atoms with Crippen LogP contribution in [-0.2, 0) is 17.8 Å². The highest BCUT2D eigenvalue weighted by molar-refractivity contribution is 6.32.